The van der Waals surface area contributed by atoms with Crippen LogP contribution in [0.3, 0.4) is 0 Å². The number of ether oxygens (including phenoxy) is 2. The second-order valence-corrected chi connectivity index (χ2v) is 7.93. The Bertz CT molecular complexity index is 1040. The fraction of sp³-hybridized carbons (Fsp3) is 0.346. The predicted molar refractivity (Wildman–Crippen MR) is 124 cm³/mol. The Hall–Kier alpha value is -3.05. The van der Waals surface area contributed by atoms with Crippen LogP contribution in [0, 0.1) is 0 Å². The van der Waals surface area contributed by atoms with E-state index in [-0.39, 0.29) is 0 Å². The molecule has 0 saturated carbocycles. The summed E-state index contributed by atoms with van der Waals surface area (Å²) in [5.74, 6) is 0.508. The minimum absolute atomic E-state index is 0.295. The van der Waals surface area contributed by atoms with Crippen LogP contribution in [-0.2, 0) is 11.2 Å². The molecule has 0 saturated heterocycles. The lowest BCUT2D eigenvalue weighted by Gasteiger charge is -2.24. The van der Waals surface area contributed by atoms with Crippen LogP contribution in [0.2, 0.25) is 0 Å². The van der Waals surface area contributed by atoms with Gasteiger partial charge in [0.25, 0.3) is 0 Å². The smallest absolute Gasteiger partial charge is 0.434 e. The van der Waals surface area contributed by atoms with E-state index in [0.717, 1.165) is 36.7 Å². The molecule has 5 nitrogen and oxygen atoms in total. The summed E-state index contributed by atoms with van der Waals surface area (Å²) in [5, 5.41) is 4.74. The van der Waals surface area contributed by atoms with Crippen molar-refractivity contribution in [3.63, 3.8) is 0 Å². The van der Waals surface area contributed by atoms with Crippen LogP contribution in [0.25, 0.3) is 16.5 Å². The molecule has 5 heteroatoms. The first-order valence-corrected chi connectivity index (χ1v) is 11.2. The molecule has 2 N–H and O–H groups in total. The monoisotopic (exact) mass is 418 g/mol. The standard InChI is InChI=1S/C26H30N2O3/c1-2-30-26(29)31-24-14-8-13-23-21(18-28-25(23)24)11-6-7-12-22-17-20(15-16-27-22)19-9-4-3-5-10-19/h3-5,8-10,13-15,18,22,27-28H,2,6-7,11-12,16-17H2,1H3. The van der Waals surface area contributed by atoms with Crippen molar-refractivity contribution in [2.75, 3.05) is 13.2 Å². The highest BCUT2D eigenvalue weighted by molar-refractivity contribution is 5.89. The Morgan fingerprint density at radius 1 is 1.10 bits per heavy atom. The van der Waals surface area contributed by atoms with Gasteiger partial charge in [-0.1, -0.05) is 55.0 Å². The number of carbonyl (C=O) groups is 1. The van der Waals surface area contributed by atoms with Crippen molar-refractivity contribution in [3.05, 3.63) is 71.9 Å². The highest BCUT2D eigenvalue weighted by atomic mass is 16.7. The number of fused-ring (bicyclic) bond motifs is 1. The molecule has 0 spiro atoms. The number of aromatic amines is 1. The van der Waals surface area contributed by atoms with Crippen LogP contribution >= 0.6 is 0 Å². The number of para-hydroxylation sites is 1. The fourth-order valence-corrected chi connectivity index (χ4v) is 4.28. The van der Waals surface area contributed by atoms with Gasteiger partial charge in [-0.25, -0.2) is 4.79 Å². The third-order valence-electron chi connectivity index (χ3n) is 5.83. The highest BCUT2D eigenvalue weighted by Gasteiger charge is 2.16. The summed E-state index contributed by atoms with van der Waals surface area (Å²) in [6.07, 6.45) is 9.22. The molecule has 3 aromatic rings. The zero-order chi connectivity index (χ0) is 21.5. The molecule has 0 fully saturated rings. The van der Waals surface area contributed by atoms with E-state index in [1.807, 2.05) is 12.3 Å². The second kappa shape index (κ2) is 10.3. The molecule has 1 atom stereocenters. The topological polar surface area (TPSA) is 63.4 Å². The van der Waals surface area contributed by atoms with Gasteiger partial charge >= 0.3 is 6.16 Å². The largest absolute Gasteiger partial charge is 0.513 e. The lowest BCUT2D eigenvalue weighted by atomic mass is 9.92. The van der Waals surface area contributed by atoms with Gasteiger partial charge in [0, 0.05) is 24.2 Å². The number of carbonyl (C=O) groups excluding carboxylic acids is 1. The molecular formula is C26H30N2O3. The van der Waals surface area contributed by atoms with E-state index in [9.17, 15) is 4.79 Å². The van der Waals surface area contributed by atoms with Crippen molar-refractivity contribution in [2.45, 2.75) is 45.1 Å². The molecular weight excluding hydrogens is 388 g/mol. The zero-order valence-electron chi connectivity index (χ0n) is 18.0. The van der Waals surface area contributed by atoms with Crippen molar-refractivity contribution < 1.29 is 14.3 Å². The number of aryl methyl sites for hydroxylation is 1. The normalized spacial score (nSPS) is 16.2. The van der Waals surface area contributed by atoms with Gasteiger partial charge in [-0.3, -0.25) is 0 Å². The molecule has 4 rings (SSSR count). The van der Waals surface area contributed by atoms with Crippen LogP contribution in [0.1, 0.15) is 43.7 Å². The van der Waals surface area contributed by atoms with Gasteiger partial charge in [0.1, 0.15) is 0 Å². The first-order chi connectivity index (χ1) is 15.2. The van der Waals surface area contributed by atoms with E-state index < -0.39 is 6.16 Å². The van der Waals surface area contributed by atoms with Crippen LogP contribution in [-0.4, -0.2) is 30.3 Å². The number of aromatic nitrogens is 1. The van der Waals surface area contributed by atoms with E-state index in [1.54, 1.807) is 13.0 Å². The number of H-pyrrole nitrogens is 1. The SMILES string of the molecule is CCOC(=O)Oc1cccc2c(CCCCC3CC(c4ccccc4)=CCN3)c[nH]c12. The van der Waals surface area contributed by atoms with Gasteiger partial charge in [0.15, 0.2) is 5.75 Å². The second-order valence-electron chi connectivity index (χ2n) is 7.93. The van der Waals surface area contributed by atoms with Crippen LogP contribution in [0.5, 0.6) is 5.75 Å². The van der Waals surface area contributed by atoms with Gasteiger partial charge in [-0.15, -0.1) is 0 Å². The molecule has 0 bridgehead atoms. The van der Waals surface area contributed by atoms with Crippen molar-refractivity contribution >= 4 is 22.6 Å². The molecule has 0 amide bonds. The molecule has 1 unspecified atom stereocenters. The summed E-state index contributed by atoms with van der Waals surface area (Å²) < 4.78 is 10.2. The predicted octanol–water partition coefficient (Wildman–Crippen LogP) is 5.86. The van der Waals surface area contributed by atoms with Crippen LogP contribution < -0.4 is 10.1 Å². The Morgan fingerprint density at radius 3 is 2.81 bits per heavy atom. The van der Waals surface area contributed by atoms with Gasteiger partial charge < -0.3 is 19.8 Å². The Labute approximate surface area is 183 Å². The summed E-state index contributed by atoms with van der Waals surface area (Å²) in [4.78, 5) is 14.9. The van der Waals surface area contributed by atoms with Gasteiger partial charge in [-0.2, -0.15) is 0 Å². The maximum absolute atomic E-state index is 11.7. The van der Waals surface area contributed by atoms with E-state index in [1.165, 1.54) is 29.5 Å². The molecule has 1 aliphatic heterocycles. The van der Waals surface area contributed by atoms with E-state index in [4.69, 9.17) is 9.47 Å². The Balaban J connectivity index is 1.29. The van der Waals surface area contributed by atoms with Crippen molar-refractivity contribution in [3.8, 4) is 5.75 Å². The average Bonchev–Trinajstić information content (AvgIpc) is 3.22. The minimum atomic E-state index is -0.671. The minimum Gasteiger partial charge on any atom is -0.434 e. The lowest BCUT2D eigenvalue weighted by molar-refractivity contribution is 0.105. The number of nitrogens with one attached hydrogen (secondary N) is 2. The average molecular weight is 419 g/mol. The fourth-order valence-electron chi connectivity index (χ4n) is 4.28. The molecule has 1 aromatic heterocycles. The van der Waals surface area contributed by atoms with E-state index in [0.29, 0.717) is 18.4 Å². The summed E-state index contributed by atoms with van der Waals surface area (Å²) in [5.41, 5.74) is 4.90. The summed E-state index contributed by atoms with van der Waals surface area (Å²) in [6.45, 7) is 3.00. The summed E-state index contributed by atoms with van der Waals surface area (Å²) >= 11 is 0. The maximum Gasteiger partial charge on any atom is 0.513 e. The highest BCUT2D eigenvalue weighted by Crippen LogP contribution is 2.29. The van der Waals surface area contributed by atoms with Crippen molar-refractivity contribution in [1.82, 2.24) is 10.3 Å². The number of hydrogen-bond acceptors (Lipinski definition) is 4. The summed E-state index contributed by atoms with van der Waals surface area (Å²) in [6, 6.07) is 17.0. The van der Waals surface area contributed by atoms with Crippen molar-refractivity contribution in [1.29, 1.82) is 0 Å². The Kier molecular flexibility index (Phi) is 7.05. The number of rotatable bonds is 8. The van der Waals surface area contributed by atoms with Gasteiger partial charge in [0.05, 0.1) is 12.1 Å². The first kappa shape index (κ1) is 21.2. The first-order valence-electron chi connectivity index (χ1n) is 11.2. The number of benzene rings is 2. The number of unbranched alkanes of at least 4 members (excludes halogenated alkanes) is 1. The van der Waals surface area contributed by atoms with Crippen molar-refractivity contribution in [2.24, 2.45) is 0 Å². The molecule has 2 aromatic carbocycles. The Morgan fingerprint density at radius 2 is 1.97 bits per heavy atom. The number of hydrogen-bond donors (Lipinski definition) is 2. The molecule has 2 heterocycles. The quantitative estimate of drug-likeness (QED) is 0.273. The van der Waals surface area contributed by atoms with Gasteiger partial charge in [-0.05, 0) is 55.4 Å². The third-order valence-corrected chi connectivity index (χ3v) is 5.83. The molecule has 0 aliphatic carbocycles. The van der Waals surface area contributed by atoms with E-state index >= 15 is 0 Å². The third kappa shape index (κ3) is 5.36. The molecule has 1 aliphatic rings. The molecule has 31 heavy (non-hydrogen) atoms. The molecule has 0 radical (unpaired) electrons. The molecule has 162 valence electrons. The zero-order valence-corrected chi connectivity index (χ0v) is 18.0. The van der Waals surface area contributed by atoms with Crippen LogP contribution in [0.4, 0.5) is 4.79 Å². The summed E-state index contributed by atoms with van der Waals surface area (Å²) in [7, 11) is 0. The maximum atomic E-state index is 11.7. The lowest BCUT2D eigenvalue weighted by Crippen LogP contribution is -2.32. The van der Waals surface area contributed by atoms with Crippen LogP contribution in [0.15, 0.2) is 60.8 Å². The van der Waals surface area contributed by atoms with Gasteiger partial charge in [0.2, 0.25) is 0 Å². The van der Waals surface area contributed by atoms with E-state index in [2.05, 4.69) is 52.8 Å².